The Morgan fingerprint density at radius 1 is 1.15 bits per heavy atom. The number of nitrogens with one attached hydrogen (secondary N) is 2. The second-order valence-corrected chi connectivity index (χ2v) is 7.79. The van der Waals surface area contributed by atoms with Gasteiger partial charge in [0.05, 0.1) is 24.0 Å². The average molecular weight is 470 g/mol. The van der Waals surface area contributed by atoms with Crippen LogP contribution in [-0.2, 0) is 14.3 Å². The lowest BCUT2D eigenvalue weighted by Crippen LogP contribution is -2.45. The fourth-order valence-corrected chi connectivity index (χ4v) is 3.53. The van der Waals surface area contributed by atoms with Gasteiger partial charge in [-0.1, -0.05) is 18.2 Å². The van der Waals surface area contributed by atoms with Crippen molar-refractivity contribution in [2.24, 2.45) is 5.92 Å². The topological polar surface area (TPSA) is 140 Å². The van der Waals surface area contributed by atoms with Gasteiger partial charge in [0.15, 0.2) is 6.10 Å². The van der Waals surface area contributed by atoms with Gasteiger partial charge in [-0.25, -0.2) is 4.79 Å². The number of rotatable bonds is 7. The van der Waals surface area contributed by atoms with Gasteiger partial charge in [-0.05, 0) is 44.0 Å². The molecule has 2 atom stereocenters. The minimum Gasteiger partial charge on any atom is -0.496 e. The normalized spacial score (nSPS) is 16.2. The highest BCUT2D eigenvalue weighted by molar-refractivity contribution is 5.97. The van der Waals surface area contributed by atoms with E-state index in [1.165, 1.54) is 37.1 Å². The van der Waals surface area contributed by atoms with Crippen LogP contribution in [0, 0.1) is 16.0 Å². The van der Waals surface area contributed by atoms with Crippen LogP contribution in [0.15, 0.2) is 48.5 Å². The number of benzene rings is 2. The largest absolute Gasteiger partial charge is 0.496 e. The van der Waals surface area contributed by atoms with Crippen LogP contribution in [0.25, 0.3) is 0 Å². The predicted molar refractivity (Wildman–Crippen MR) is 124 cm³/mol. The lowest BCUT2D eigenvalue weighted by molar-refractivity contribution is -0.384. The first-order chi connectivity index (χ1) is 16.3. The van der Waals surface area contributed by atoms with Gasteiger partial charge in [-0.2, -0.15) is 0 Å². The number of hydrogen-bond donors (Lipinski definition) is 2. The maximum atomic E-state index is 12.7. The molecule has 1 heterocycles. The van der Waals surface area contributed by atoms with Crippen molar-refractivity contribution in [3.8, 4) is 5.75 Å². The zero-order chi connectivity index (χ0) is 24.7. The molecule has 0 bridgehead atoms. The Bertz CT molecular complexity index is 1060. The minimum atomic E-state index is -1.19. The van der Waals surface area contributed by atoms with Crippen molar-refractivity contribution in [3.63, 3.8) is 0 Å². The van der Waals surface area contributed by atoms with Gasteiger partial charge in [0.25, 0.3) is 11.6 Å². The monoisotopic (exact) mass is 470 g/mol. The summed E-state index contributed by atoms with van der Waals surface area (Å²) < 4.78 is 10.3. The molecule has 3 amide bonds. The lowest BCUT2D eigenvalue weighted by atomic mass is 9.98. The molecule has 1 saturated heterocycles. The molecule has 2 unspecified atom stereocenters. The number of nitro benzene ring substituents is 1. The van der Waals surface area contributed by atoms with Crippen LogP contribution in [0.1, 0.15) is 19.8 Å². The van der Waals surface area contributed by atoms with Crippen LogP contribution < -0.4 is 15.4 Å². The third kappa shape index (κ3) is 6.21. The zero-order valence-electron chi connectivity index (χ0n) is 18.9. The second-order valence-electron chi connectivity index (χ2n) is 7.79. The number of anilines is 2. The number of piperidine rings is 1. The number of hydrogen-bond acceptors (Lipinski definition) is 7. The van der Waals surface area contributed by atoms with Gasteiger partial charge in [-0.3, -0.25) is 19.7 Å². The first kappa shape index (κ1) is 24.5. The number of nitro groups is 1. The van der Waals surface area contributed by atoms with E-state index < -0.39 is 28.8 Å². The molecule has 2 aromatic carbocycles. The molecular formula is C23H26N4O7. The Kier molecular flexibility index (Phi) is 8.01. The molecule has 0 radical (unpaired) electrons. The number of para-hydroxylation sites is 1. The molecule has 11 nitrogen and oxygen atoms in total. The fourth-order valence-electron chi connectivity index (χ4n) is 3.53. The first-order valence-corrected chi connectivity index (χ1v) is 10.7. The number of urea groups is 1. The summed E-state index contributed by atoms with van der Waals surface area (Å²) in [5, 5.41) is 16.5. The quantitative estimate of drug-likeness (QED) is 0.359. The Labute approximate surface area is 196 Å². The number of carbonyl (C=O) groups is 3. The molecule has 0 spiro atoms. The van der Waals surface area contributed by atoms with Crippen LogP contribution >= 0.6 is 0 Å². The Balaban J connectivity index is 1.57. The molecule has 34 heavy (non-hydrogen) atoms. The van der Waals surface area contributed by atoms with E-state index in [-0.39, 0.29) is 29.7 Å². The highest BCUT2D eigenvalue weighted by Crippen LogP contribution is 2.29. The number of carbonyl (C=O) groups excluding carboxylic acids is 3. The van der Waals surface area contributed by atoms with Crippen LogP contribution in [0.3, 0.4) is 0 Å². The maximum absolute atomic E-state index is 12.7. The molecule has 3 rings (SSSR count). The number of methoxy groups -OCH3 is 1. The SMILES string of the molecule is COc1ccc(NC(=O)C(C)OC(=O)C2CCCN(C(=O)Nc3ccccc3)C2)c([N+](=O)[O-])c1. The van der Waals surface area contributed by atoms with E-state index in [1.54, 1.807) is 24.3 Å². The first-order valence-electron chi connectivity index (χ1n) is 10.7. The zero-order valence-corrected chi connectivity index (χ0v) is 18.9. The van der Waals surface area contributed by atoms with Crippen molar-refractivity contribution in [1.82, 2.24) is 4.90 Å². The van der Waals surface area contributed by atoms with Crippen LogP contribution in [0.4, 0.5) is 21.9 Å². The standard InChI is InChI=1S/C23H26N4O7/c1-15(21(28)25-19-11-10-18(33-2)13-20(19)27(31)32)34-22(29)16-7-6-12-26(14-16)23(30)24-17-8-4-3-5-9-17/h3-5,8-11,13,15-16H,6-7,12,14H2,1-2H3,(H,24,30)(H,25,28). The van der Waals surface area contributed by atoms with Crippen molar-refractivity contribution < 1.29 is 28.8 Å². The summed E-state index contributed by atoms with van der Waals surface area (Å²) in [5.74, 6) is -1.64. The summed E-state index contributed by atoms with van der Waals surface area (Å²) >= 11 is 0. The summed E-state index contributed by atoms with van der Waals surface area (Å²) in [7, 11) is 1.37. The van der Waals surface area contributed by atoms with E-state index in [2.05, 4.69) is 10.6 Å². The van der Waals surface area contributed by atoms with Crippen molar-refractivity contribution in [3.05, 3.63) is 58.6 Å². The number of ether oxygens (including phenoxy) is 2. The summed E-state index contributed by atoms with van der Waals surface area (Å²) in [6, 6.07) is 12.7. The number of esters is 1. The predicted octanol–water partition coefficient (Wildman–Crippen LogP) is 3.42. The average Bonchev–Trinajstić information content (AvgIpc) is 2.84. The third-order valence-electron chi connectivity index (χ3n) is 5.39. The number of amides is 3. The minimum absolute atomic E-state index is 0.0416. The molecule has 11 heteroatoms. The number of nitrogens with zero attached hydrogens (tertiary/aromatic N) is 2. The van der Waals surface area contributed by atoms with E-state index in [9.17, 15) is 24.5 Å². The van der Waals surface area contributed by atoms with Crippen LogP contribution in [0.5, 0.6) is 5.75 Å². The van der Waals surface area contributed by atoms with Crippen molar-refractivity contribution in [2.45, 2.75) is 25.9 Å². The highest BCUT2D eigenvalue weighted by atomic mass is 16.6. The summed E-state index contributed by atoms with van der Waals surface area (Å²) in [6.07, 6.45) is -0.0601. The van der Waals surface area contributed by atoms with E-state index in [1.807, 2.05) is 6.07 Å². The van der Waals surface area contributed by atoms with Crippen LogP contribution in [0.2, 0.25) is 0 Å². The van der Waals surface area contributed by atoms with Gasteiger partial charge in [0.2, 0.25) is 0 Å². The molecular weight excluding hydrogens is 444 g/mol. The smallest absolute Gasteiger partial charge is 0.321 e. The van der Waals surface area contributed by atoms with Gasteiger partial charge in [-0.15, -0.1) is 0 Å². The van der Waals surface area contributed by atoms with E-state index in [4.69, 9.17) is 9.47 Å². The van der Waals surface area contributed by atoms with E-state index >= 15 is 0 Å². The van der Waals surface area contributed by atoms with Gasteiger partial charge >= 0.3 is 12.0 Å². The molecule has 1 aliphatic heterocycles. The molecule has 180 valence electrons. The van der Waals surface area contributed by atoms with Crippen molar-refractivity contribution >= 4 is 35.0 Å². The summed E-state index contributed by atoms with van der Waals surface area (Å²) in [4.78, 5) is 49.9. The highest BCUT2D eigenvalue weighted by Gasteiger charge is 2.32. The Hall–Kier alpha value is -4.15. The van der Waals surface area contributed by atoms with E-state index in [0.717, 1.165) is 0 Å². The van der Waals surface area contributed by atoms with Crippen LogP contribution in [-0.4, -0.2) is 54.0 Å². The van der Waals surface area contributed by atoms with Crippen molar-refractivity contribution in [2.75, 3.05) is 30.8 Å². The lowest BCUT2D eigenvalue weighted by Gasteiger charge is -2.32. The second kappa shape index (κ2) is 11.1. The molecule has 0 saturated carbocycles. The molecule has 1 aliphatic rings. The maximum Gasteiger partial charge on any atom is 0.321 e. The molecule has 2 aromatic rings. The summed E-state index contributed by atoms with van der Waals surface area (Å²) in [6.45, 7) is 2.04. The van der Waals surface area contributed by atoms with Gasteiger partial charge < -0.3 is 25.0 Å². The number of likely N-dealkylation sites (tertiary alicyclic amines) is 1. The van der Waals surface area contributed by atoms with Gasteiger partial charge in [0.1, 0.15) is 11.4 Å². The fraction of sp³-hybridized carbons (Fsp3) is 0.348. The molecule has 2 N–H and O–H groups in total. The van der Waals surface area contributed by atoms with Gasteiger partial charge in [0, 0.05) is 18.8 Å². The summed E-state index contributed by atoms with van der Waals surface area (Å²) in [5.41, 5.74) is 0.258. The third-order valence-corrected chi connectivity index (χ3v) is 5.39. The van der Waals surface area contributed by atoms with Crippen molar-refractivity contribution in [1.29, 1.82) is 0 Å². The van der Waals surface area contributed by atoms with E-state index in [0.29, 0.717) is 25.1 Å². The Morgan fingerprint density at radius 2 is 1.88 bits per heavy atom. The molecule has 0 aliphatic carbocycles. The molecule has 1 fully saturated rings. The molecule has 0 aromatic heterocycles. The Morgan fingerprint density at radius 3 is 2.56 bits per heavy atom.